The number of carbonyl (C=O) groups is 2. The summed E-state index contributed by atoms with van der Waals surface area (Å²) in [5, 5.41) is 11.4. The number of rotatable bonds is 8. The molecule has 0 aliphatic heterocycles. The third-order valence-electron chi connectivity index (χ3n) is 4.16. The summed E-state index contributed by atoms with van der Waals surface area (Å²) in [6, 6.07) is 14.3. The Balaban J connectivity index is 1.55. The zero-order chi connectivity index (χ0) is 20.8. The van der Waals surface area contributed by atoms with Gasteiger partial charge in [-0.2, -0.15) is 0 Å². The maximum Gasteiger partial charge on any atom is 0.234 e. The van der Waals surface area contributed by atoms with Crippen LogP contribution in [0.25, 0.3) is 0 Å². The minimum atomic E-state index is -0.203. The predicted octanol–water partition coefficient (Wildman–Crippen LogP) is 2.52. The number of nitrogens with two attached hydrogens (primary N) is 1. The molecule has 1 heterocycles. The number of ketones is 1. The van der Waals surface area contributed by atoms with Gasteiger partial charge in [0.15, 0.2) is 11.6 Å². The second kappa shape index (κ2) is 9.24. The van der Waals surface area contributed by atoms with Crippen LogP contribution >= 0.6 is 11.8 Å². The van der Waals surface area contributed by atoms with Crippen LogP contribution in [0.15, 0.2) is 53.7 Å². The zero-order valence-corrected chi connectivity index (χ0v) is 16.9. The van der Waals surface area contributed by atoms with E-state index in [0.717, 1.165) is 11.3 Å². The number of nitrogens with zero attached hydrogens (tertiary/aromatic N) is 3. The minimum Gasteiger partial charge on any atom is -0.497 e. The van der Waals surface area contributed by atoms with Gasteiger partial charge in [-0.05, 0) is 48.9 Å². The van der Waals surface area contributed by atoms with E-state index in [9.17, 15) is 9.59 Å². The lowest BCUT2D eigenvalue weighted by molar-refractivity contribution is -0.113. The van der Waals surface area contributed by atoms with Crippen molar-refractivity contribution in [2.75, 3.05) is 24.0 Å². The lowest BCUT2D eigenvalue weighted by Gasteiger charge is -2.06. The van der Waals surface area contributed by atoms with Crippen molar-refractivity contribution in [3.63, 3.8) is 0 Å². The van der Waals surface area contributed by atoms with Gasteiger partial charge in [0.25, 0.3) is 0 Å². The molecule has 3 rings (SSSR count). The first kappa shape index (κ1) is 20.4. The Morgan fingerprint density at radius 2 is 1.79 bits per heavy atom. The fourth-order valence-corrected chi connectivity index (χ4v) is 3.24. The van der Waals surface area contributed by atoms with Gasteiger partial charge in [-0.3, -0.25) is 9.59 Å². The number of carbonyl (C=O) groups excluding carboxylic acids is 2. The first-order valence-corrected chi connectivity index (χ1v) is 9.81. The third-order valence-corrected chi connectivity index (χ3v) is 5.11. The molecule has 0 spiro atoms. The quantitative estimate of drug-likeness (QED) is 0.333. The van der Waals surface area contributed by atoms with E-state index in [1.165, 1.54) is 23.4 Å². The van der Waals surface area contributed by atoms with Crippen molar-refractivity contribution >= 4 is 29.1 Å². The van der Waals surface area contributed by atoms with E-state index >= 15 is 0 Å². The number of methoxy groups -OCH3 is 1. The van der Waals surface area contributed by atoms with Crippen LogP contribution in [0.5, 0.6) is 5.75 Å². The molecule has 1 amide bonds. The number of anilines is 1. The molecule has 0 fully saturated rings. The van der Waals surface area contributed by atoms with Gasteiger partial charge in [-0.1, -0.05) is 23.9 Å². The normalized spacial score (nSPS) is 10.6. The van der Waals surface area contributed by atoms with Gasteiger partial charge in [0, 0.05) is 17.7 Å². The van der Waals surface area contributed by atoms with E-state index < -0.39 is 0 Å². The molecule has 2 aromatic carbocycles. The van der Waals surface area contributed by atoms with Crippen LogP contribution in [0.1, 0.15) is 28.7 Å². The molecular weight excluding hydrogens is 390 g/mol. The van der Waals surface area contributed by atoms with Crippen LogP contribution in [0, 0.1) is 0 Å². The summed E-state index contributed by atoms with van der Waals surface area (Å²) in [6.45, 7) is 1.50. The highest BCUT2D eigenvalue weighted by atomic mass is 32.2. The standard InChI is InChI=1S/C20H21N5O3S/c1-13(26)15-5-7-16(8-6-15)22-19(27)12-29-20-24-23-18(25(20)21)11-14-3-9-17(28-2)10-4-14/h3-10H,11-12,21H2,1-2H3,(H,22,27). The van der Waals surface area contributed by atoms with Crippen LogP contribution in [0.2, 0.25) is 0 Å². The van der Waals surface area contributed by atoms with E-state index in [1.807, 2.05) is 24.3 Å². The molecule has 0 aliphatic rings. The monoisotopic (exact) mass is 411 g/mol. The summed E-state index contributed by atoms with van der Waals surface area (Å²) in [5.74, 6) is 7.35. The molecule has 0 saturated heterocycles. The van der Waals surface area contributed by atoms with Gasteiger partial charge >= 0.3 is 0 Å². The van der Waals surface area contributed by atoms with Crippen molar-refractivity contribution in [2.45, 2.75) is 18.5 Å². The van der Waals surface area contributed by atoms with E-state index in [1.54, 1.807) is 31.4 Å². The van der Waals surface area contributed by atoms with Crippen LogP contribution in [0.4, 0.5) is 5.69 Å². The van der Waals surface area contributed by atoms with Gasteiger partial charge in [0.05, 0.1) is 12.9 Å². The molecule has 3 aromatic rings. The van der Waals surface area contributed by atoms with Crippen LogP contribution in [-0.4, -0.2) is 39.4 Å². The van der Waals surface area contributed by atoms with Gasteiger partial charge in [-0.25, -0.2) is 4.68 Å². The van der Waals surface area contributed by atoms with Gasteiger partial charge in [0.1, 0.15) is 5.75 Å². The summed E-state index contributed by atoms with van der Waals surface area (Å²) >= 11 is 1.20. The number of thioether (sulfide) groups is 1. The van der Waals surface area contributed by atoms with E-state index in [-0.39, 0.29) is 17.4 Å². The Labute approximate surface area is 172 Å². The third kappa shape index (κ3) is 5.35. The molecule has 8 nitrogen and oxygen atoms in total. The number of hydrogen-bond acceptors (Lipinski definition) is 7. The predicted molar refractivity (Wildman–Crippen MR) is 112 cm³/mol. The average molecular weight is 411 g/mol. The summed E-state index contributed by atoms with van der Waals surface area (Å²) in [5.41, 5.74) is 2.24. The number of hydrogen-bond donors (Lipinski definition) is 2. The summed E-state index contributed by atoms with van der Waals surface area (Å²) in [7, 11) is 1.62. The maximum absolute atomic E-state index is 12.2. The number of ether oxygens (including phenoxy) is 1. The largest absolute Gasteiger partial charge is 0.497 e. The van der Waals surface area contributed by atoms with Crippen LogP contribution in [-0.2, 0) is 11.2 Å². The van der Waals surface area contributed by atoms with Crippen molar-refractivity contribution in [1.29, 1.82) is 0 Å². The summed E-state index contributed by atoms with van der Waals surface area (Å²) in [6.07, 6.45) is 0.517. The number of nitrogens with one attached hydrogen (secondary N) is 1. The van der Waals surface area contributed by atoms with Gasteiger partial charge < -0.3 is 15.9 Å². The first-order chi connectivity index (χ1) is 14.0. The molecule has 9 heteroatoms. The van der Waals surface area contributed by atoms with Crippen molar-refractivity contribution in [2.24, 2.45) is 0 Å². The fourth-order valence-electron chi connectivity index (χ4n) is 2.57. The van der Waals surface area contributed by atoms with Crippen molar-refractivity contribution in [3.8, 4) is 5.75 Å². The molecule has 0 bridgehead atoms. The van der Waals surface area contributed by atoms with Crippen molar-refractivity contribution < 1.29 is 14.3 Å². The number of amides is 1. The molecule has 3 N–H and O–H groups in total. The Bertz CT molecular complexity index is 1000. The first-order valence-electron chi connectivity index (χ1n) is 8.82. The zero-order valence-electron chi connectivity index (χ0n) is 16.1. The molecular formula is C20H21N5O3S. The highest BCUT2D eigenvalue weighted by Gasteiger charge is 2.13. The molecule has 0 unspecified atom stereocenters. The smallest absolute Gasteiger partial charge is 0.234 e. The maximum atomic E-state index is 12.2. The summed E-state index contributed by atoms with van der Waals surface area (Å²) in [4.78, 5) is 23.5. The molecule has 0 aliphatic carbocycles. The molecule has 150 valence electrons. The Kier molecular flexibility index (Phi) is 6.50. The average Bonchev–Trinajstić information content (AvgIpc) is 3.07. The Hall–Kier alpha value is -3.33. The highest BCUT2D eigenvalue weighted by Crippen LogP contribution is 2.18. The van der Waals surface area contributed by atoms with Crippen molar-refractivity contribution in [3.05, 3.63) is 65.5 Å². The molecule has 0 radical (unpaired) electrons. The van der Waals surface area contributed by atoms with Crippen LogP contribution < -0.4 is 15.9 Å². The van der Waals surface area contributed by atoms with E-state index in [4.69, 9.17) is 10.6 Å². The highest BCUT2D eigenvalue weighted by molar-refractivity contribution is 7.99. The van der Waals surface area contributed by atoms with E-state index in [2.05, 4.69) is 15.5 Å². The van der Waals surface area contributed by atoms with E-state index in [0.29, 0.717) is 28.7 Å². The van der Waals surface area contributed by atoms with Gasteiger partial charge in [-0.15, -0.1) is 10.2 Å². The number of Topliss-reactive ketones (excluding diaryl/α,β-unsaturated/α-hetero) is 1. The lowest BCUT2D eigenvalue weighted by atomic mass is 10.1. The topological polar surface area (TPSA) is 112 Å². The Morgan fingerprint density at radius 3 is 2.41 bits per heavy atom. The van der Waals surface area contributed by atoms with Crippen LogP contribution in [0.3, 0.4) is 0 Å². The second-order valence-electron chi connectivity index (χ2n) is 6.26. The summed E-state index contributed by atoms with van der Waals surface area (Å²) < 4.78 is 6.54. The lowest BCUT2D eigenvalue weighted by Crippen LogP contribution is -2.17. The number of nitrogen functional groups attached to an aromatic ring is 1. The number of aromatic nitrogens is 3. The van der Waals surface area contributed by atoms with Crippen molar-refractivity contribution in [1.82, 2.24) is 14.9 Å². The molecule has 29 heavy (non-hydrogen) atoms. The second-order valence-corrected chi connectivity index (χ2v) is 7.21. The fraction of sp³-hybridized carbons (Fsp3) is 0.200. The minimum absolute atomic E-state index is 0.0221. The molecule has 1 aromatic heterocycles. The number of benzene rings is 2. The SMILES string of the molecule is COc1ccc(Cc2nnc(SCC(=O)Nc3ccc(C(C)=O)cc3)n2N)cc1. The molecule has 0 atom stereocenters. The molecule has 0 saturated carbocycles. The Morgan fingerprint density at radius 1 is 1.10 bits per heavy atom. The van der Waals surface area contributed by atoms with Gasteiger partial charge in [0.2, 0.25) is 11.1 Å².